The Bertz CT molecular complexity index is 4640. The van der Waals surface area contributed by atoms with Gasteiger partial charge in [-0.25, -0.2) is 24.7 Å². The molecule has 9 aromatic carbocycles. The molecule has 502 valence electrons. The molecule has 0 N–H and O–H groups in total. The molecule has 0 spiro atoms. The third kappa shape index (κ3) is 14.9. The van der Waals surface area contributed by atoms with Gasteiger partial charge in [0.15, 0.2) is 7.05 Å². The predicted octanol–water partition coefficient (Wildman–Crippen LogP) is 16.7. The molecule has 0 fully saturated rings. The Labute approximate surface area is 578 Å². The number of anilines is 3. The fourth-order valence-electron chi connectivity index (χ4n) is 11.3. The molecule has 0 saturated carbocycles. The van der Waals surface area contributed by atoms with Crippen molar-refractivity contribution in [1.82, 2.24) is 14.9 Å². The topological polar surface area (TPSA) is 271 Å². The number of carbonyl (C=O) groups is 6. The standard InChI is InChI=1S/C24H20N2S2.2C16H12N2O4.C16H13NO2.C3H9N.CH3NO2/c1-13-5-9-17(10-6-13)23-25-19-15(3)20-22(16(4)21(19)27-23)28-24(26-20)18-11-7-14(2)8-12-18;2*1-9-3-4-10(2)14-13(9)15(19)17(16(14)20)11-5-7-12(8-6-11)18(21)22;1-10-8-9-11(2)14-13(10)15(18)17(16(14)19)12-6-4-3-5-7-12;1-4(2)3;1-2(3)4/h5-12H,1-4H3;2*3-8H,1-2H3;3-9H,1-2H3;1-3H3;1H3. The van der Waals surface area contributed by atoms with Gasteiger partial charge in [-0.1, -0.05) is 114 Å². The lowest BCUT2D eigenvalue weighted by molar-refractivity contribution is -0.445. The van der Waals surface area contributed by atoms with Gasteiger partial charge < -0.3 is 4.90 Å². The van der Waals surface area contributed by atoms with Crippen LogP contribution in [0.25, 0.3) is 41.6 Å². The summed E-state index contributed by atoms with van der Waals surface area (Å²) >= 11 is 3.57. The first-order valence-electron chi connectivity index (χ1n) is 31.0. The van der Waals surface area contributed by atoms with Gasteiger partial charge in [0.05, 0.1) is 80.7 Å². The number of nitro groups is 3. The van der Waals surface area contributed by atoms with Crippen molar-refractivity contribution in [1.29, 1.82) is 0 Å². The number of carbonyl (C=O) groups excluding carboxylic acids is 6. The second-order valence-corrected chi connectivity index (χ2v) is 26.2. The van der Waals surface area contributed by atoms with Gasteiger partial charge in [0.2, 0.25) is 0 Å². The van der Waals surface area contributed by atoms with E-state index in [-0.39, 0.29) is 23.2 Å². The summed E-state index contributed by atoms with van der Waals surface area (Å²) < 4.78 is 2.55. The fourth-order valence-corrected chi connectivity index (χ4v) is 13.6. The van der Waals surface area contributed by atoms with E-state index in [1.165, 1.54) is 96.2 Å². The molecule has 23 heteroatoms. The van der Waals surface area contributed by atoms with Crippen molar-refractivity contribution in [2.75, 3.05) is 42.9 Å². The molecule has 3 aliphatic heterocycles. The maximum Gasteiger partial charge on any atom is 0.269 e. The Balaban J connectivity index is 0.000000150. The highest BCUT2D eigenvalue weighted by atomic mass is 32.1. The van der Waals surface area contributed by atoms with E-state index < -0.39 is 38.4 Å². The van der Waals surface area contributed by atoms with Crippen LogP contribution in [0.15, 0.2) is 164 Å². The largest absolute Gasteiger partial charge is 0.312 e. The van der Waals surface area contributed by atoms with Crippen LogP contribution in [-0.2, 0) is 0 Å². The fraction of sp³-hybridized carbons (Fsp3) is 0.184. The number of nitrogens with zero attached hydrogens (tertiary/aromatic N) is 9. The van der Waals surface area contributed by atoms with Crippen LogP contribution in [0.3, 0.4) is 0 Å². The normalized spacial score (nSPS) is 12.5. The van der Waals surface area contributed by atoms with E-state index in [0.29, 0.717) is 50.4 Å². The minimum atomic E-state index is -0.527. The molecule has 2 aromatic heterocycles. The van der Waals surface area contributed by atoms with Gasteiger partial charge in [0, 0.05) is 45.9 Å². The van der Waals surface area contributed by atoms with E-state index in [2.05, 4.69) is 76.2 Å². The first-order chi connectivity index (χ1) is 46.9. The van der Waals surface area contributed by atoms with E-state index in [1.54, 1.807) is 86.8 Å². The van der Waals surface area contributed by atoms with Gasteiger partial charge >= 0.3 is 0 Å². The third-order valence-electron chi connectivity index (χ3n) is 16.3. The van der Waals surface area contributed by atoms with E-state index in [9.17, 15) is 49.0 Å². The summed E-state index contributed by atoms with van der Waals surface area (Å²) in [6.45, 7) is 19.4. The van der Waals surface area contributed by atoms with Crippen molar-refractivity contribution >= 4 is 107 Å². The smallest absolute Gasteiger partial charge is 0.269 e. The number of rotatable bonds is 7. The average Bonchev–Trinajstić information content (AvgIpc) is 1.19. The molecule has 21 nitrogen and oxygen atoms in total. The lowest BCUT2D eigenvalue weighted by atomic mass is 9.99. The number of non-ortho nitro benzene ring substituents is 2. The van der Waals surface area contributed by atoms with E-state index in [4.69, 9.17) is 20.1 Å². The summed E-state index contributed by atoms with van der Waals surface area (Å²) in [4.78, 5) is 119. The highest BCUT2D eigenvalue weighted by molar-refractivity contribution is 7.24. The molecule has 14 rings (SSSR count). The number of aryl methyl sites for hydroxylation is 10. The van der Waals surface area contributed by atoms with Crippen LogP contribution in [0.2, 0.25) is 0 Å². The number of fused-ring (bicyclic) bond motifs is 5. The van der Waals surface area contributed by atoms with Crippen molar-refractivity contribution in [3.05, 3.63) is 283 Å². The van der Waals surface area contributed by atoms with Gasteiger partial charge in [0.1, 0.15) is 10.0 Å². The Hall–Kier alpha value is -11.7. The van der Waals surface area contributed by atoms with Crippen LogP contribution >= 0.6 is 22.7 Å². The maximum atomic E-state index is 12.6. The van der Waals surface area contributed by atoms with Crippen LogP contribution in [-0.4, -0.2) is 93.3 Å². The van der Waals surface area contributed by atoms with Crippen LogP contribution in [0.5, 0.6) is 0 Å². The highest BCUT2D eigenvalue weighted by Crippen LogP contribution is 2.43. The zero-order valence-electron chi connectivity index (χ0n) is 56.8. The Morgan fingerprint density at radius 2 is 0.596 bits per heavy atom. The summed E-state index contributed by atoms with van der Waals surface area (Å²) in [5, 5.41) is 32.3. The average molecular weight is 1360 g/mol. The molecule has 0 radical (unpaired) electrons. The minimum absolute atomic E-state index is 0.0901. The van der Waals surface area contributed by atoms with Crippen molar-refractivity contribution in [2.24, 2.45) is 0 Å². The Morgan fingerprint density at radius 3 is 0.838 bits per heavy atom. The first kappa shape index (κ1) is 71.6. The van der Waals surface area contributed by atoms with Gasteiger partial charge in [-0.2, -0.15) is 0 Å². The maximum absolute atomic E-state index is 12.6. The number of benzene rings is 9. The molecule has 0 atom stereocenters. The molecule has 0 saturated heterocycles. The molecule has 0 bridgehead atoms. The number of para-hydroxylation sites is 1. The number of hydrogen-bond acceptors (Lipinski definition) is 17. The summed E-state index contributed by atoms with van der Waals surface area (Å²) in [7, 11) is 6.89. The van der Waals surface area contributed by atoms with Crippen LogP contribution in [0.1, 0.15) is 118 Å². The van der Waals surface area contributed by atoms with Gasteiger partial charge in [-0.15, -0.1) is 22.7 Å². The Kier molecular flexibility index (Phi) is 21.5. The molecule has 0 unspecified atom stereocenters. The van der Waals surface area contributed by atoms with Crippen LogP contribution < -0.4 is 14.7 Å². The molecule has 5 heterocycles. The molecule has 3 aliphatic rings. The second-order valence-electron chi connectivity index (χ2n) is 24.2. The molecular weight excluding hydrogens is 1300 g/mol. The van der Waals surface area contributed by atoms with Crippen LogP contribution in [0.4, 0.5) is 28.4 Å². The third-order valence-corrected chi connectivity index (χ3v) is 18.7. The summed E-state index contributed by atoms with van der Waals surface area (Å²) in [6, 6.07) is 48.0. The quantitative estimate of drug-likeness (QED) is 0.0815. The summed E-state index contributed by atoms with van der Waals surface area (Å²) in [5.74, 6) is -2.03. The SMILES string of the molecule is CN(C)C.C[N+](=O)[O-].Cc1ccc(-c2nc3c(C)c4nc(-c5ccc(C)cc5)sc4c(C)c3s2)cc1.Cc1ccc(C)c2c1C(=O)N(c1ccc([N+](=O)[O-])cc1)C2=O.Cc1ccc(C)c2c1C(=O)N(c1ccc([N+](=O)[O-])cc1)C2=O.Cc1ccc(C)c2c1C(=O)N(c1ccccc1)C2=O. The van der Waals surface area contributed by atoms with Gasteiger partial charge in [-0.3, -0.25) is 59.1 Å². The number of imide groups is 3. The van der Waals surface area contributed by atoms with E-state index in [1.807, 2.05) is 70.2 Å². The number of hydrogen-bond donors (Lipinski definition) is 0. The number of amides is 6. The van der Waals surface area contributed by atoms with E-state index in [0.717, 1.165) is 71.3 Å². The first-order valence-corrected chi connectivity index (χ1v) is 32.6. The number of thiazole rings is 2. The minimum Gasteiger partial charge on any atom is -0.312 e. The number of nitro benzene ring substituents is 2. The second kappa shape index (κ2) is 29.8. The van der Waals surface area contributed by atoms with Crippen molar-refractivity contribution < 1.29 is 43.5 Å². The molecule has 0 aliphatic carbocycles. The Morgan fingerprint density at radius 1 is 0.354 bits per heavy atom. The molecule has 99 heavy (non-hydrogen) atoms. The zero-order valence-corrected chi connectivity index (χ0v) is 58.5. The summed E-state index contributed by atoms with van der Waals surface area (Å²) in [6.07, 6.45) is 0. The van der Waals surface area contributed by atoms with E-state index >= 15 is 0 Å². The van der Waals surface area contributed by atoms with Gasteiger partial charge in [0.25, 0.3) is 46.8 Å². The zero-order chi connectivity index (χ0) is 72.2. The highest BCUT2D eigenvalue weighted by Gasteiger charge is 2.41. The molecule has 11 aromatic rings. The monoisotopic (exact) mass is 1360 g/mol. The lowest BCUT2D eigenvalue weighted by Crippen LogP contribution is -2.29. The van der Waals surface area contributed by atoms with Crippen molar-refractivity contribution in [2.45, 2.75) is 69.2 Å². The predicted molar refractivity (Wildman–Crippen MR) is 389 cm³/mol. The lowest BCUT2D eigenvalue weighted by Gasteiger charge is -2.13. The molecular formula is C76H69N9O12S2. The number of aromatic nitrogens is 2. The summed E-state index contributed by atoms with van der Waals surface area (Å²) in [5.41, 5.74) is 18.0. The molecule has 6 amide bonds. The van der Waals surface area contributed by atoms with Crippen molar-refractivity contribution in [3.8, 4) is 21.1 Å². The van der Waals surface area contributed by atoms with Crippen molar-refractivity contribution in [3.63, 3.8) is 0 Å². The van der Waals surface area contributed by atoms with Crippen LogP contribution in [0, 0.1) is 99.6 Å². The van der Waals surface area contributed by atoms with Gasteiger partial charge in [-0.05, 0) is 166 Å².